The highest BCUT2D eigenvalue weighted by molar-refractivity contribution is 6.14. The van der Waals surface area contributed by atoms with Gasteiger partial charge in [0.1, 0.15) is 11.4 Å². The minimum atomic E-state index is -0.567. The molecule has 2 aromatic heterocycles. The number of piperidine rings is 1. The maximum atomic E-state index is 14.0. The summed E-state index contributed by atoms with van der Waals surface area (Å²) in [5.74, 6) is 0.0217. The fourth-order valence-corrected chi connectivity index (χ4v) is 8.62. The van der Waals surface area contributed by atoms with E-state index >= 15 is 0 Å². The molecule has 1 saturated carbocycles. The van der Waals surface area contributed by atoms with E-state index in [1.165, 1.54) is 0 Å². The van der Waals surface area contributed by atoms with Gasteiger partial charge in [-0.15, -0.1) is 0 Å². The number of fused-ring (bicyclic) bond motifs is 7. The number of anilines is 2. The fraction of sp³-hybridized carbons (Fsp3) is 0.222. The van der Waals surface area contributed by atoms with Crippen LogP contribution in [0.3, 0.4) is 0 Å². The first-order valence-corrected chi connectivity index (χ1v) is 15.7. The number of hydrogen-bond acceptors (Lipinski definition) is 4. The largest absolute Gasteiger partial charge is 0.351 e. The van der Waals surface area contributed by atoms with Crippen molar-refractivity contribution in [3.8, 4) is 0 Å². The van der Waals surface area contributed by atoms with Gasteiger partial charge in [-0.3, -0.25) is 19.3 Å². The van der Waals surface area contributed by atoms with Crippen LogP contribution in [0.5, 0.6) is 0 Å². The average Bonchev–Trinajstić information content (AvgIpc) is 3.68. The molecule has 2 aliphatic carbocycles. The van der Waals surface area contributed by atoms with Crippen molar-refractivity contribution in [1.29, 1.82) is 0 Å². The van der Waals surface area contributed by atoms with E-state index in [1.807, 2.05) is 66.7 Å². The molecule has 46 heavy (non-hydrogen) atoms. The highest BCUT2D eigenvalue weighted by Crippen LogP contribution is 2.67. The monoisotopic (exact) mass is 608 g/mol. The number of aromatic amines is 2. The Bertz CT molecular complexity index is 2310. The molecule has 1 spiro atoms. The lowest BCUT2D eigenvalue weighted by Crippen LogP contribution is -2.34. The second kappa shape index (κ2) is 8.54. The third-order valence-corrected chi connectivity index (χ3v) is 10.9. The second-order valence-electron chi connectivity index (χ2n) is 13.1. The third kappa shape index (κ3) is 3.15. The number of carbonyl (C=O) groups excluding carboxylic acids is 4. The van der Waals surface area contributed by atoms with Crippen LogP contribution in [-0.2, 0) is 12.8 Å². The van der Waals surface area contributed by atoms with Gasteiger partial charge in [0.05, 0.1) is 5.41 Å². The summed E-state index contributed by atoms with van der Waals surface area (Å²) in [5, 5.41) is 1.85. The van der Waals surface area contributed by atoms with Crippen LogP contribution in [0.25, 0.3) is 27.9 Å². The van der Waals surface area contributed by atoms with Gasteiger partial charge in [-0.2, -0.15) is 0 Å². The number of nitrogens with zero attached hydrogens (tertiary/aromatic N) is 3. The number of carbonyl (C=O) groups is 4. The summed E-state index contributed by atoms with van der Waals surface area (Å²) >= 11 is 0. The van der Waals surface area contributed by atoms with Crippen molar-refractivity contribution < 1.29 is 19.2 Å². The Balaban J connectivity index is 0.966. The second-order valence-corrected chi connectivity index (χ2v) is 13.1. The Labute approximate surface area is 262 Å². The number of aromatic nitrogens is 2. The molecule has 2 fully saturated rings. The smallest absolute Gasteiger partial charge is 0.319 e. The summed E-state index contributed by atoms with van der Waals surface area (Å²) in [4.78, 5) is 65.0. The molecule has 10 heteroatoms. The summed E-state index contributed by atoms with van der Waals surface area (Å²) in [6, 6.07) is 18.6. The van der Waals surface area contributed by atoms with Gasteiger partial charge in [-0.1, -0.05) is 24.3 Å². The van der Waals surface area contributed by atoms with Gasteiger partial charge >= 0.3 is 6.03 Å². The van der Waals surface area contributed by atoms with Crippen molar-refractivity contribution in [1.82, 2.24) is 14.9 Å². The molecule has 226 valence electrons. The van der Waals surface area contributed by atoms with Crippen LogP contribution in [0.15, 0.2) is 66.4 Å². The Morgan fingerprint density at radius 3 is 2.07 bits per heavy atom. The van der Waals surface area contributed by atoms with Crippen molar-refractivity contribution in [2.45, 2.75) is 19.3 Å². The number of hydrogen-bond donors (Lipinski definition) is 3. The maximum absolute atomic E-state index is 14.0. The molecule has 2 unspecified atom stereocenters. The number of allylic oxidation sites excluding steroid dienone is 1. The lowest BCUT2D eigenvalue weighted by Gasteiger charge is -2.28. The van der Waals surface area contributed by atoms with E-state index in [4.69, 9.17) is 5.73 Å². The molecule has 5 heterocycles. The Hall–Kier alpha value is -5.64. The number of rotatable bonds is 2. The van der Waals surface area contributed by atoms with Crippen molar-refractivity contribution in [2.24, 2.45) is 17.1 Å². The quantitative estimate of drug-likeness (QED) is 0.260. The minimum Gasteiger partial charge on any atom is -0.351 e. The standard InChI is InChI=1S/C36H28N6O4/c37-35(46)41-12-10-22-24-14-27(38-26(24)6-8-30(22)41)33(44)40-11-9-21-23-15-28(39-25(23)5-7-29(21)40)34(45)42-17-19-16-36(19)31(42)13-18-3-1-2-4-20(18)32(36)43/h1-8,13-15,19,38-39H,9-12,16-17H2,(H2,37,46). The van der Waals surface area contributed by atoms with Crippen LogP contribution >= 0.6 is 0 Å². The number of nitrogens with one attached hydrogen (secondary N) is 2. The lowest BCUT2D eigenvalue weighted by molar-refractivity contribution is 0.0798. The van der Waals surface area contributed by atoms with Crippen molar-refractivity contribution in [2.75, 3.05) is 29.4 Å². The van der Waals surface area contributed by atoms with Gasteiger partial charge in [0.2, 0.25) is 0 Å². The molecule has 10 rings (SSSR count). The molecule has 3 aromatic carbocycles. The number of H-pyrrole nitrogens is 2. The number of primary amides is 1. The molecule has 1 saturated heterocycles. The average molecular weight is 609 g/mol. The van der Waals surface area contributed by atoms with E-state index in [0.29, 0.717) is 43.9 Å². The molecule has 4 N–H and O–H groups in total. The van der Waals surface area contributed by atoms with Crippen molar-refractivity contribution >= 4 is 62.9 Å². The number of likely N-dealkylation sites (tertiary alicyclic amines) is 1. The number of nitrogens with two attached hydrogens (primary N) is 1. The Morgan fingerprint density at radius 1 is 0.783 bits per heavy atom. The summed E-state index contributed by atoms with van der Waals surface area (Å²) in [6.07, 6.45) is 4.17. The summed E-state index contributed by atoms with van der Waals surface area (Å²) in [6.45, 7) is 1.58. The van der Waals surface area contributed by atoms with E-state index in [2.05, 4.69) is 9.97 Å². The molecular formula is C36H28N6O4. The van der Waals surface area contributed by atoms with E-state index in [9.17, 15) is 19.2 Å². The van der Waals surface area contributed by atoms with Gasteiger partial charge in [-0.05, 0) is 84.3 Å². The number of amides is 4. The zero-order valence-corrected chi connectivity index (χ0v) is 24.7. The normalized spacial score (nSPS) is 22.1. The van der Waals surface area contributed by atoms with Crippen LogP contribution in [0.1, 0.15) is 54.4 Å². The molecule has 0 radical (unpaired) electrons. The lowest BCUT2D eigenvalue weighted by atomic mass is 9.83. The summed E-state index contributed by atoms with van der Waals surface area (Å²) < 4.78 is 0. The Kier molecular flexibility index (Phi) is 4.76. The zero-order valence-electron chi connectivity index (χ0n) is 24.7. The number of ketones is 1. The molecule has 5 aliphatic rings. The van der Waals surface area contributed by atoms with Gasteiger partial charge in [-0.25, -0.2) is 4.79 Å². The van der Waals surface area contributed by atoms with Gasteiger partial charge in [0, 0.05) is 64.1 Å². The van der Waals surface area contributed by atoms with Crippen LogP contribution in [-0.4, -0.2) is 58.1 Å². The predicted molar refractivity (Wildman–Crippen MR) is 173 cm³/mol. The SMILES string of the molecule is NC(=O)N1CCc2c1ccc1[nH]c(C(=O)N3CCc4c3ccc3[nH]c(C(=O)N5CC6CC67C(=O)c6ccccc6C=C57)cc43)cc21. The minimum absolute atomic E-state index is 0.129. The zero-order chi connectivity index (χ0) is 31.1. The van der Waals surface area contributed by atoms with Crippen molar-refractivity contribution in [3.63, 3.8) is 0 Å². The van der Waals surface area contributed by atoms with Crippen LogP contribution in [0.2, 0.25) is 0 Å². The number of Topliss-reactive ketones (excluding diaryl/α,β-unsaturated/α-hetero) is 1. The molecule has 4 amide bonds. The molecular weight excluding hydrogens is 580 g/mol. The predicted octanol–water partition coefficient (Wildman–Crippen LogP) is 4.99. The molecule has 0 bridgehead atoms. The first kappa shape index (κ1) is 25.7. The third-order valence-electron chi connectivity index (χ3n) is 10.9. The molecule has 2 atom stereocenters. The maximum Gasteiger partial charge on any atom is 0.319 e. The van der Waals surface area contributed by atoms with E-state index in [-0.39, 0.29) is 23.5 Å². The van der Waals surface area contributed by atoms with Crippen molar-refractivity contribution in [3.05, 3.63) is 100 Å². The van der Waals surface area contributed by atoms with Crippen LogP contribution in [0.4, 0.5) is 16.2 Å². The van der Waals surface area contributed by atoms with Gasteiger partial charge in [0.15, 0.2) is 5.78 Å². The van der Waals surface area contributed by atoms with Gasteiger partial charge in [0.25, 0.3) is 11.8 Å². The molecule has 10 nitrogen and oxygen atoms in total. The molecule has 3 aliphatic heterocycles. The van der Waals surface area contributed by atoms with E-state index in [1.54, 1.807) is 14.7 Å². The molecule has 5 aromatic rings. The Morgan fingerprint density at radius 2 is 1.39 bits per heavy atom. The first-order chi connectivity index (χ1) is 22.3. The topological polar surface area (TPSA) is 136 Å². The highest BCUT2D eigenvalue weighted by atomic mass is 16.2. The fourth-order valence-electron chi connectivity index (χ4n) is 8.62. The summed E-state index contributed by atoms with van der Waals surface area (Å²) in [7, 11) is 0. The van der Waals surface area contributed by atoms with E-state index in [0.717, 1.165) is 67.6 Å². The van der Waals surface area contributed by atoms with Gasteiger partial charge < -0.3 is 25.5 Å². The van der Waals surface area contributed by atoms with E-state index < -0.39 is 11.4 Å². The number of urea groups is 1. The number of benzene rings is 3. The van der Waals surface area contributed by atoms with Crippen LogP contribution in [0, 0.1) is 11.3 Å². The highest BCUT2D eigenvalue weighted by Gasteiger charge is 2.69. The first-order valence-electron chi connectivity index (χ1n) is 15.7. The summed E-state index contributed by atoms with van der Waals surface area (Å²) in [5.41, 5.74) is 13.7. The van der Waals surface area contributed by atoms with Crippen LogP contribution < -0.4 is 15.5 Å².